The van der Waals surface area contributed by atoms with Crippen LogP contribution < -0.4 is 4.90 Å². The van der Waals surface area contributed by atoms with E-state index in [2.05, 4.69) is 4.98 Å². The van der Waals surface area contributed by atoms with E-state index in [-0.39, 0.29) is 16.7 Å². The molecule has 0 unspecified atom stereocenters. The van der Waals surface area contributed by atoms with Crippen molar-refractivity contribution in [3.8, 4) is 0 Å². The molecule has 1 aromatic heterocycles. The van der Waals surface area contributed by atoms with E-state index >= 15 is 0 Å². The zero-order valence-corrected chi connectivity index (χ0v) is 17.4. The van der Waals surface area contributed by atoms with Crippen LogP contribution in [0, 0.1) is 16.0 Å². The summed E-state index contributed by atoms with van der Waals surface area (Å²) in [6, 6.07) is 1.74. The lowest BCUT2D eigenvalue weighted by molar-refractivity contribution is -0.385. The van der Waals surface area contributed by atoms with Gasteiger partial charge in [0.2, 0.25) is 5.82 Å². The van der Waals surface area contributed by atoms with E-state index in [0.717, 1.165) is 12.8 Å². The number of hydrogen-bond acceptors (Lipinski definition) is 7. The Hall–Kier alpha value is -2.42. The van der Waals surface area contributed by atoms with E-state index < -0.39 is 5.60 Å². The fraction of sp³-hybridized carbons (Fsp3) is 0.700. The average molecular weight is 406 g/mol. The molecule has 1 atom stereocenters. The van der Waals surface area contributed by atoms with Gasteiger partial charge in [0.1, 0.15) is 5.60 Å². The summed E-state index contributed by atoms with van der Waals surface area (Å²) < 4.78 is 10.8. The standard InChI is InChI=1S/C20H30N4O5/c1-20(2,3)29-19(25)23-9-7-15(14-23)4-5-16-6-8-21-18(17(16)24(26)27)22-10-12-28-13-11-22/h6,8,15H,4-5,7,9-14H2,1-3H3/t15-/m1/s1. The van der Waals surface area contributed by atoms with Crippen molar-refractivity contribution >= 4 is 17.6 Å². The Bertz CT molecular complexity index is 743. The largest absolute Gasteiger partial charge is 0.444 e. The number of carbonyl (C=O) groups excluding carboxylic acids is 1. The van der Waals surface area contributed by atoms with Gasteiger partial charge in [-0.1, -0.05) is 0 Å². The van der Waals surface area contributed by atoms with Gasteiger partial charge in [0.05, 0.1) is 18.1 Å². The fourth-order valence-electron chi connectivity index (χ4n) is 3.81. The maximum atomic E-state index is 12.2. The lowest BCUT2D eigenvalue weighted by atomic mass is 9.98. The van der Waals surface area contributed by atoms with Crippen LogP contribution in [-0.2, 0) is 15.9 Å². The lowest BCUT2D eigenvalue weighted by Crippen LogP contribution is -2.37. The fourth-order valence-corrected chi connectivity index (χ4v) is 3.81. The van der Waals surface area contributed by atoms with Crippen molar-refractivity contribution in [2.75, 3.05) is 44.3 Å². The minimum Gasteiger partial charge on any atom is -0.444 e. The maximum Gasteiger partial charge on any atom is 0.410 e. The first-order chi connectivity index (χ1) is 13.7. The van der Waals surface area contributed by atoms with Crippen molar-refractivity contribution in [3.05, 3.63) is 27.9 Å². The molecule has 2 aliphatic rings. The van der Waals surface area contributed by atoms with Crippen LogP contribution in [0.4, 0.5) is 16.3 Å². The molecule has 0 aliphatic carbocycles. The number of nitrogens with zero attached hydrogens (tertiary/aromatic N) is 4. The van der Waals surface area contributed by atoms with Gasteiger partial charge >= 0.3 is 11.8 Å². The van der Waals surface area contributed by atoms with Crippen molar-refractivity contribution in [2.45, 2.75) is 45.6 Å². The van der Waals surface area contributed by atoms with Crippen molar-refractivity contribution in [1.29, 1.82) is 0 Å². The maximum absolute atomic E-state index is 12.2. The average Bonchev–Trinajstić information content (AvgIpc) is 3.14. The molecule has 160 valence electrons. The van der Waals surface area contributed by atoms with Crippen LogP contribution in [0.1, 0.15) is 39.2 Å². The number of aromatic nitrogens is 1. The van der Waals surface area contributed by atoms with Crippen molar-refractivity contribution in [1.82, 2.24) is 9.88 Å². The Morgan fingerprint density at radius 3 is 2.72 bits per heavy atom. The number of morpholine rings is 1. The number of carbonyl (C=O) groups is 1. The number of anilines is 1. The van der Waals surface area contributed by atoms with Gasteiger partial charge in [0.15, 0.2) is 0 Å². The number of aryl methyl sites for hydroxylation is 1. The smallest absolute Gasteiger partial charge is 0.410 e. The highest BCUT2D eigenvalue weighted by molar-refractivity contribution is 5.68. The molecule has 0 radical (unpaired) electrons. The zero-order chi connectivity index (χ0) is 21.0. The van der Waals surface area contributed by atoms with Gasteiger partial charge in [-0.15, -0.1) is 0 Å². The van der Waals surface area contributed by atoms with Crippen LogP contribution in [0.5, 0.6) is 0 Å². The molecule has 2 aliphatic heterocycles. The third-order valence-corrected chi connectivity index (χ3v) is 5.24. The molecule has 3 rings (SSSR count). The van der Waals surface area contributed by atoms with E-state index in [1.807, 2.05) is 25.7 Å². The molecule has 9 nitrogen and oxygen atoms in total. The number of pyridine rings is 1. The summed E-state index contributed by atoms with van der Waals surface area (Å²) in [6.07, 6.45) is 3.61. The van der Waals surface area contributed by atoms with Crippen LogP contribution in [0.3, 0.4) is 0 Å². The second kappa shape index (κ2) is 8.94. The molecule has 9 heteroatoms. The predicted molar refractivity (Wildman–Crippen MR) is 108 cm³/mol. The molecule has 1 aromatic rings. The first-order valence-corrected chi connectivity index (χ1v) is 10.2. The zero-order valence-electron chi connectivity index (χ0n) is 17.4. The SMILES string of the molecule is CC(C)(C)OC(=O)N1CC[C@@H](CCc2ccnc(N3CCOCC3)c2[N+](=O)[O-])C1. The Kier molecular flexibility index (Phi) is 6.56. The highest BCUT2D eigenvalue weighted by Gasteiger charge is 2.31. The number of hydrogen-bond donors (Lipinski definition) is 0. The molecule has 0 aromatic carbocycles. The number of likely N-dealkylation sites (tertiary alicyclic amines) is 1. The van der Waals surface area contributed by atoms with E-state index in [1.165, 1.54) is 0 Å². The van der Waals surface area contributed by atoms with Crippen LogP contribution in [0.25, 0.3) is 0 Å². The molecule has 0 spiro atoms. The minimum atomic E-state index is -0.511. The number of rotatable bonds is 5. The minimum absolute atomic E-state index is 0.0939. The Balaban J connectivity index is 1.63. The summed E-state index contributed by atoms with van der Waals surface area (Å²) in [4.78, 5) is 31.6. The van der Waals surface area contributed by atoms with Crippen molar-refractivity contribution < 1.29 is 19.2 Å². The van der Waals surface area contributed by atoms with Gasteiger partial charge in [-0.25, -0.2) is 9.78 Å². The highest BCUT2D eigenvalue weighted by atomic mass is 16.6. The molecular formula is C20H30N4O5. The molecule has 29 heavy (non-hydrogen) atoms. The quantitative estimate of drug-likeness (QED) is 0.547. The second-order valence-electron chi connectivity index (χ2n) is 8.62. The number of ether oxygens (including phenoxy) is 2. The molecule has 0 saturated carbocycles. The second-order valence-corrected chi connectivity index (χ2v) is 8.62. The summed E-state index contributed by atoms with van der Waals surface area (Å²) in [7, 11) is 0. The Morgan fingerprint density at radius 2 is 2.07 bits per heavy atom. The number of nitro groups is 1. The van der Waals surface area contributed by atoms with Gasteiger partial charge in [-0.2, -0.15) is 0 Å². The Labute approximate surface area is 171 Å². The van der Waals surface area contributed by atoms with Crippen LogP contribution >= 0.6 is 0 Å². The summed E-state index contributed by atoms with van der Waals surface area (Å²) in [5.41, 5.74) is 0.279. The van der Waals surface area contributed by atoms with Crippen LogP contribution in [0.2, 0.25) is 0 Å². The van der Waals surface area contributed by atoms with Gasteiger partial charge in [0.25, 0.3) is 0 Å². The third-order valence-electron chi connectivity index (χ3n) is 5.24. The molecule has 2 fully saturated rings. The van der Waals surface area contributed by atoms with Crippen LogP contribution in [-0.4, -0.2) is 65.9 Å². The third kappa shape index (κ3) is 5.56. The molecule has 1 amide bonds. The van der Waals surface area contributed by atoms with Crippen molar-refractivity contribution in [3.63, 3.8) is 0 Å². The van der Waals surface area contributed by atoms with E-state index in [9.17, 15) is 14.9 Å². The summed E-state index contributed by atoms with van der Waals surface area (Å²) in [6.45, 7) is 9.15. The number of amides is 1. The molecule has 0 N–H and O–H groups in total. The normalized spacial score (nSPS) is 20.0. The van der Waals surface area contributed by atoms with Gasteiger partial charge < -0.3 is 19.3 Å². The molecule has 0 bridgehead atoms. The summed E-state index contributed by atoms with van der Waals surface area (Å²) >= 11 is 0. The summed E-state index contributed by atoms with van der Waals surface area (Å²) in [5, 5.41) is 11.8. The molecule has 3 heterocycles. The monoisotopic (exact) mass is 406 g/mol. The highest BCUT2D eigenvalue weighted by Crippen LogP contribution is 2.32. The topological polar surface area (TPSA) is 98.0 Å². The van der Waals surface area contributed by atoms with E-state index in [4.69, 9.17) is 9.47 Å². The van der Waals surface area contributed by atoms with Gasteiger partial charge in [-0.05, 0) is 52.0 Å². The molecule has 2 saturated heterocycles. The van der Waals surface area contributed by atoms with E-state index in [0.29, 0.717) is 63.1 Å². The first kappa shape index (κ1) is 21.3. The first-order valence-electron chi connectivity index (χ1n) is 10.2. The molecular weight excluding hydrogens is 376 g/mol. The van der Waals surface area contributed by atoms with Gasteiger partial charge in [-0.3, -0.25) is 10.1 Å². The predicted octanol–water partition coefficient (Wildman–Crippen LogP) is 3.02. The lowest BCUT2D eigenvalue weighted by Gasteiger charge is -2.27. The Morgan fingerprint density at radius 1 is 1.34 bits per heavy atom. The van der Waals surface area contributed by atoms with Gasteiger partial charge in [0, 0.05) is 37.9 Å². The summed E-state index contributed by atoms with van der Waals surface area (Å²) in [5.74, 6) is 0.736. The van der Waals surface area contributed by atoms with Crippen molar-refractivity contribution in [2.24, 2.45) is 5.92 Å². The van der Waals surface area contributed by atoms with Crippen LogP contribution in [0.15, 0.2) is 12.3 Å². The van der Waals surface area contributed by atoms with E-state index in [1.54, 1.807) is 17.2 Å².